The van der Waals surface area contributed by atoms with E-state index in [0.717, 1.165) is 59.7 Å². The number of hydrogen-bond donors (Lipinski definition) is 2. The van der Waals surface area contributed by atoms with E-state index in [-0.39, 0.29) is 22.8 Å². The molecule has 5 rings (SSSR count). The summed E-state index contributed by atoms with van der Waals surface area (Å²) < 4.78 is 18.9. The number of hydrogen-bond acceptors (Lipinski definition) is 6. The molecule has 1 spiro atoms. The second-order valence-electron chi connectivity index (χ2n) is 10.4. The van der Waals surface area contributed by atoms with E-state index >= 15 is 0 Å². The third kappa shape index (κ3) is 3.98. The number of aliphatic hydroxyl groups excluding tert-OH is 1. The van der Waals surface area contributed by atoms with Gasteiger partial charge in [0, 0.05) is 25.0 Å². The average Bonchev–Trinajstić information content (AvgIpc) is 3.37. The number of rotatable bonds is 4. The van der Waals surface area contributed by atoms with Crippen LogP contribution < -0.4 is 9.62 Å². The van der Waals surface area contributed by atoms with Crippen LogP contribution in [0.5, 0.6) is 0 Å². The van der Waals surface area contributed by atoms with Gasteiger partial charge >= 0.3 is 0 Å². The van der Waals surface area contributed by atoms with Gasteiger partial charge in [0.1, 0.15) is 10.1 Å². The van der Waals surface area contributed by atoms with Gasteiger partial charge in [0.15, 0.2) is 5.82 Å². The summed E-state index contributed by atoms with van der Waals surface area (Å²) in [6.07, 6.45) is 4.62. The van der Waals surface area contributed by atoms with Crippen LogP contribution in [0.1, 0.15) is 62.3 Å². The van der Waals surface area contributed by atoms with Crippen molar-refractivity contribution in [2.75, 3.05) is 18.0 Å². The molecule has 34 heavy (non-hydrogen) atoms. The monoisotopic (exact) mass is 546 g/mol. The summed E-state index contributed by atoms with van der Waals surface area (Å²) in [6, 6.07) is 6.02. The van der Waals surface area contributed by atoms with E-state index in [0.29, 0.717) is 5.69 Å². The van der Waals surface area contributed by atoms with Crippen molar-refractivity contribution < 1.29 is 9.32 Å². The Morgan fingerprint density at radius 2 is 2.06 bits per heavy atom. The number of aryl methyl sites for hydroxylation is 1. The van der Waals surface area contributed by atoms with Crippen LogP contribution in [0, 0.1) is 12.3 Å². The molecule has 0 aromatic carbocycles. The molecule has 3 aromatic heterocycles. The van der Waals surface area contributed by atoms with E-state index in [4.69, 9.17) is 4.98 Å². The Hall–Kier alpha value is -1.88. The van der Waals surface area contributed by atoms with Crippen molar-refractivity contribution in [2.24, 2.45) is 5.41 Å². The lowest BCUT2D eigenvalue weighted by atomic mass is 9.73. The van der Waals surface area contributed by atoms with Gasteiger partial charge in [-0.05, 0) is 86.0 Å². The maximum atomic E-state index is 13.1. The van der Waals surface area contributed by atoms with E-state index in [1.165, 1.54) is 5.56 Å². The van der Waals surface area contributed by atoms with Crippen molar-refractivity contribution >= 4 is 38.3 Å². The van der Waals surface area contributed by atoms with Crippen LogP contribution >= 0.6 is 15.9 Å². The molecular weight excluding hydrogens is 516 g/mol. The largest absolute Gasteiger partial charge is 0.390 e. The smallest absolute Gasteiger partial charge is 0.155 e. The first kappa shape index (κ1) is 23.8. The number of halogens is 1. The Balaban J connectivity index is 1.45. The molecule has 2 atom stereocenters. The Kier molecular flexibility index (Phi) is 6.07. The number of fused-ring (bicyclic) bond motifs is 2. The minimum Gasteiger partial charge on any atom is -0.390 e. The molecule has 2 aliphatic rings. The fraction of sp³-hybridized carbons (Fsp3) is 0.542. The molecule has 0 radical (unpaired) electrons. The van der Waals surface area contributed by atoms with Crippen LogP contribution in [0.15, 0.2) is 29.0 Å². The number of aliphatic hydroxyl groups is 1. The minimum absolute atomic E-state index is 0.00833. The zero-order valence-corrected chi connectivity index (χ0v) is 22.4. The Labute approximate surface area is 210 Å². The number of pyridine rings is 1. The first-order valence-corrected chi connectivity index (χ1v) is 13.6. The van der Waals surface area contributed by atoms with Crippen LogP contribution in [0.2, 0.25) is 0 Å². The van der Waals surface area contributed by atoms with Gasteiger partial charge in [-0.15, -0.1) is 0 Å². The third-order valence-electron chi connectivity index (χ3n) is 7.12. The Bertz CT molecular complexity index is 1260. The van der Waals surface area contributed by atoms with E-state index in [2.05, 4.69) is 41.7 Å². The molecule has 1 unspecified atom stereocenters. The molecule has 0 amide bonds. The SMILES string of the molecule is Cc1nc(N2CCC3(CC2)Cc2ncccc2[C@H]3NS(=O)C(C)(C)C)c2cc(CO)nn2c1Br. The number of anilines is 1. The molecule has 0 saturated carbocycles. The normalized spacial score (nSPS) is 20.8. The second-order valence-corrected chi connectivity index (χ2v) is 13.1. The maximum absolute atomic E-state index is 13.1. The predicted octanol–water partition coefficient (Wildman–Crippen LogP) is 3.62. The first-order chi connectivity index (χ1) is 16.1. The van der Waals surface area contributed by atoms with Crippen LogP contribution in [0.3, 0.4) is 0 Å². The van der Waals surface area contributed by atoms with Crippen molar-refractivity contribution in [2.45, 2.75) is 64.4 Å². The molecule has 1 aliphatic carbocycles. The van der Waals surface area contributed by atoms with Crippen LogP contribution in [0.4, 0.5) is 5.82 Å². The predicted molar refractivity (Wildman–Crippen MR) is 137 cm³/mol. The molecule has 1 saturated heterocycles. The second kappa shape index (κ2) is 8.65. The zero-order chi connectivity index (χ0) is 24.3. The van der Waals surface area contributed by atoms with Gasteiger partial charge in [0.05, 0.1) is 39.8 Å². The summed E-state index contributed by atoms with van der Waals surface area (Å²) in [6.45, 7) is 9.52. The molecule has 8 nitrogen and oxygen atoms in total. The average molecular weight is 548 g/mol. The Morgan fingerprint density at radius 3 is 2.74 bits per heavy atom. The molecule has 182 valence electrons. The van der Waals surface area contributed by atoms with E-state index in [1.54, 1.807) is 0 Å². The van der Waals surface area contributed by atoms with Crippen LogP contribution in [0.25, 0.3) is 5.52 Å². The standard InChI is InChI=1S/C24H31BrN6O2S/c1-15-21(25)31-19(12-16(14-32)28-31)22(27-15)30-10-7-24(8-11-30)13-18-17(6-5-9-26-18)20(24)29-34(33)23(2,3)4/h5-6,9,12,20,29,32H,7-8,10-11,13-14H2,1-4H3/t20-,34?/m1/s1. The molecule has 0 bridgehead atoms. The lowest BCUT2D eigenvalue weighted by Crippen LogP contribution is -2.48. The fourth-order valence-electron chi connectivity index (χ4n) is 5.19. The zero-order valence-electron chi connectivity index (χ0n) is 20.0. The summed E-state index contributed by atoms with van der Waals surface area (Å²) in [5.74, 6) is 0.888. The van der Waals surface area contributed by atoms with Crippen LogP contribution in [-0.4, -0.2) is 46.7 Å². The van der Waals surface area contributed by atoms with Crippen LogP contribution in [-0.2, 0) is 24.0 Å². The van der Waals surface area contributed by atoms with Crippen molar-refractivity contribution in [3.05, 3.63) is 51.6 Å². The lowest BCUT2D eigenvalue weighted by molar-refractivity contribution is 0.177. The van der Waals surface area contributed by atoms with Crippen molar-refractivity contribution in [1.82, 2.24) is 24.3 Å². The maximum Gasteiger partial charge on any atom is 0.155 e. The number of nitrogens with one attached hydrogen (secondary N) is 1. The summed E-state index contributed by atoms with van der Waals surface area (Å²) in [5.41, 5.74) is 4.62. The van der Waals surface area contributed by atoms with Crippen molar-refractivity contribution in [3.63, 3.8) is 0 Å². The van der Waals surface area contributed by atoms with Gasteiger partial charge in [0.2, 0.25) is 0 Å². The van der Waals surface area contributed by atoms with E-state index in [9.17, 15) is 9.32 Å². The highest BCUT2D eigenvalue weighted by Gasteiger charge is 2.49. The third-order valence-corrected chi connectivity index (χ3v) is 9.59. The van der Waals surface area contributed by atoms with Gasteiger partial charge in [-0.3, -0.25) is 4.98 Å². The van der Waals surface area contributed by atoms with Gasteiger partial charge < -0.3 is 10.0 Å². The summed E-state index contributed by atoms with van der Waals surface area (Å²) in [7, 11) is -1.17. The van der Waals surface area contributed by atoms with Gasteiger partial charge in [-0.1, -0.05) is 6.07 Å². The summed E-state index contributed by atoms with van der Waals surface area (Å²) in [5, 5.41) is 14.1. The highest BCUT2D eigenvalue weighted by atomic mass is 79.9. The highest BCUT2D eigenvalue weighted by Crippen LogP contribution is 2.52. The fourth-order valence-corrected chi connectivity index (χ4v) is 6.50. The molecule has 1 aliphatic heterocycles. The summed E-state index contributed by atoms with van der Waals surface area (Å²) in [4.78, 5) is 11.9. The quantitative estimate of drug-likeness (QED) is 0.518. The molecule has 3 aromatic rings. The molecular formula is C24H31BrN6O2S. The Morgan fingerprint density at radius 1 is 1.32 bits per heavy atom. The van der Waals surface area contributed by atoms with E-state index < -0.39 is 11.0 Å². The minimum atomic E-state index is -1.17. The van der Waals surface area contributed by atoms with Crippen molar-refractivity contribution in [3.8, 4) is 0 Å². The first-order valence-electron chi connectivity index (χ1n) is 11.7. The van der Waals surface area contributed by atoms with Gasteiger partial charge in [0.25, 0.3) is 0 Å². The topological polar surface area (TPSA) is 95.7 Å². The number of nitrogens with zero attached hydrogens (tertiary/aromatic N) is 5. The van der Waals surface area contributed by atoms with E-state index in [1.807, 2.05) is 50.5 Å². The molecule has 4 heterocycles. The highest BCUT2D eigenvalue weighted by molar-refractivity contribution is 9.10. The van der Waals surface area contributed by atoms with Gasteiger partial charge in [-0.2, -0.15) is 5.10 Å². The molecule has 1 fully saturated rings. The van der Waals surface area contributed by atoms with Crippen molar-refractivity contribution in [1.29, 1.82) is 0 Å². The summed E-state index contributed by atoms with van der Waals surface area (Å²) >= 11 is 3.59. The molecule has 2 N–H and O–H groups in total. The number of piperidine rings is 1. The number of aromatic nitrogens is 4. The molecule has 10 heteroatoms. The lowest BCUT2D eigenvalue weighted by Gasteiger charge is -2.44. The van der Waals surface area contributed by atoms with Gasteiger partial charge in [-0.25, -0.2) is 18.4 Å².